The quantitative estimate of drug-likeness (QED) is 0.913. The van der Waals surface area contributed by atoms with Gasteiger partial charge in [-0.3, -0.25) is 9.48 Å². The van der Waals surface area contributed by atoms with Crippen molar-refractivity contribution in [1.82, 2.24) is 15.1 Å². The Hall–Kier alpha value is -2.18. The molecule has 6 nitrogen and oxygen atoms in total. The first kappa shape index (κ1) is 15.7. The molecule has 1 amide bonds. The van der Waals surface area contributed by atoms with E-state index < -0.39 is 6.10 Å². The second-order valence-electron chi connectivity index (χ2n) is 5.67. The van der Waals surface area contributed by atoms with Gasteiger partial charge in [-0.1, -0.05) is 30.3 Å². The van der Waals surface area contributed by atoms with E-state index in [1.165, 1.54) is 0 Å². The van der Waals surface area contributed by atoms with Crippen molar-refractivity contribution in [1.29, 1.82) is 0 Å². The monoisotopic (exact) mass is 315 g/mol. The van der Waals surface area contributed by atoms with Crippen molar-refractivity contribution in [3.63, 3.8) is 0 Å². The van der Waals surface area contributed by atoms with E-state index in [0.29, 0.717) is 6.61 Å². The summed E-state index contributed by atoms with van der Waals surface area (Å²) in [5, 5.41) is 7.23. The molecule has 6 heteroatoms. The number of nitrogens with zero attached hydrogens (tertiary/aromatic N) is 2. The van der Waals surface area contributed by atoms with Crippen LogP contribution in [0.15, 0.2) is 42.7 Å². The molecule has 122 valence electrons. The number of carbonyl (C=O) groups excluding carboxylic acids is 1. The van der Waals surface area contributed by atoms with Crippen molar-refractivity contribution < 1.29 is 14.3 Å². The highest BCUT2D eigenvalue weighted by Gasteiger charge is 2.33. The van der Waals surface area contributed by atoms with Crippen LogP contribution in [0, 0.1) is 0 Å². The van der Waals surface area contributed by atoms with Crippen molar-refractivity contribution in [2.75, 3.05) is 13.7 Å². The highest BCUT2D eigenvalue weighted by Crippen LogP contribution is 2.29. The molecule has 1 N–H and O–H groups in total. The van der Waals surface area contributed by atoms with Crippen LogP contribution >= 0.6 is 0 Å². The van der Waals surface area contributed by atoms with Crippen LogP contribution in [0.2, 0.25) is 0 Å². The number of ether oxygens (including phenoxy) is 2. The Morgan fingerprint density at radius 1 is 1.43 bits per heavy atom. The molecule has 1 fully saturated rings. The van der Waals surface area contributed by atoms with Crippen LogP contribution in [0.25, 0.3) is 0 Å². The van der Waals surface area contributed by atoms with E-state index in [4.69, 9.17) is 9.47 Å². The van der Waals surface area contributed by atoms with E-state index in [-0.39, 0.29) is 18.1 Å². The number of rotatable bonds is 5. The molecule has 23 heavy (non-hydrogen) atoms. The predicted octanol–water partition coefficient (Wildman–Crippen LogP) is 1.75. The summed E-state index contributed by atoms with van der Waals surface area (Å²) in [5.74, 6) is -0.150. The van der Waals surface area contributed by atoms with Crippen molar-refractivity contribution in [2.24, 2.45) is 7.05 Å². The van der Waals surface area contributed by atoms with Gasteiger partial charge < -0.3 is 14.8 Å². The average Bonchev–Trinajstić information content (AvgIpc) is 3.18. The van der Waals surface area contributed by atoms with Crippen LogP contribution in [0.1, 0.15) is 29.8 Å². The minimum absolute atomic E-state index is 0.0759. The van der Waals surface area contributed by atoms with Gasteiger partial charge >= 0.3 is 0 Å². The summed E-state index contributed by atoms with van der Waals surface area (Å²) >= 11 is 0. The lowest BCUT2D eigenvalue weighted by molar-refractivity contribution is -0.132. The summed E-state index contributed by atoms with van der Waals surface area (Å²) in [4.78, 5) is 12.6. The van der Waals surface area contributed by atoms with Crippen LogP contribution in [-0.2, 0) is 21.3 Å². The van der Waals surface area contributed by atoms with Gasteiger partial charge in [0.2, 0.25) is 0 Å². The van der Waals surface area contributed by atoms with Gasteiger partial charge in [0.05, 0.1) is 12.2 Å². The van der Waals surface area contributed by atoms with E-state index in [1.807, 2.05) is 43.6 Å². The number of carbonyl (C=O) groups is 1. The van der Waals surface area contributed by atoms with E-state index in [9.17, 15) is 4.79 Å². The van der Waals surface area contributed by atoms with Crippen LogP contribution in [-0.4, -0.2) is 35.4 Å². The number of benzene rings is 1. The van der Waals surface area contributed by atoms with Gasteiger partial charge in [0.25, 0.3) is 5.91 Å². The zero-order valence-corrected chi connectivity index (χ0v) is 13.3. The molecular formula is C17H21N3O3. The minimum atomic E-state index is -0.619. The van der Waals surface area contributed by atoms with Gasteiger partial charge in [0, 0.05) is 32.5 Å². The molecular weight excluding hydrogens is 294 g/mol. The number of aryl methyl sites for hydroxylation is 1. The number of methoxy groups -OCH3 is 1. The molecule has 3 atom stereocenters. The summed E-state index contributed by atoms with van der Waals surface area (Å²) in [6.45, 7) is 0.619. The lowest BCUT2D eigenvalue weighted by Gasteiger charge is -2.22. The Labute approximate surface area is 135 Å². The molecule has 0 radical (unpaired) electrons. The molecule has 1 aliphatic heterocycles. The second-order valence-corrected chi connectivity index (χ2v) is 5.67. The first-order chi connectivity index (χ1) is 11.2. The first-order valence-corrected chi connectivity index (χ1v) is 7.67. The van der Waals surface area contributed by atoms with Crippen LogP contribution in [0.5, 0.6) is 0 Å². The second kappa shape index (κ2) is 6.93. The van der Waals surface area contributed by atoms with Crippen molar-refractivity contribution >= 4 is 5.91 Å². The van der Waals surface area contributed by atoms with E-state index in [2.05, 4.69) is 10.4 Å². The number of hydrogen-bond acceptors (Lipinski definition) is 4. The maximum atomic E-state index is 12.6. The molecule has 1 aliphatic rings. The summed E-state index contributed by atoms with van der Waals surface area (Å²) in [7, 11) is 3.41. The largest absolute Gasteiger partial charge is 0.371 e. The molecule has 2 heterocycles. The van der Waals surface area contributed by atoms with Crippen molar-refractivity contribution in [2.45, 2.75) is 24.7 Å². The maximum Gasteiger partial charge on any atom is 0.254 e. The molecule has 0 bridgehead atoms. The Balaban J connectivity index is 1.71. The van der Waals surface area contributed by atoms with Crippen LogP contribution in [0.3, 0.4) is 0 Å². The fourth-order valence-electron chi connectivity index (χ4n) is 2.93. The first-order valence-electron chi connectivity index (χ1n) is 7.67. The summed E-state index contributed by atoms with van der Waals surface area (Å²) in [6, 6.07) is 9.40. The smallest absolute Gasteiger partial charge is 0.254 e. The summed E-state index contributed by atoms with van der Waals surface area (Å²) in [5.41, 5.74) is 1.81. The van der Waals surface area contributed by atoms with Crippen molar-refractivity contribution in [3.8, 4) is 0 Å². The standard InChI is InChI=1S/C17H21N3O3/c1-20-11-13(10-18-20)15-14(8-9-23-15)19-17(21)16(22-2)12-6-4-3-5-7-12/h3-7,10-11,14-16H,8-9H2,1-2H3,(H,19,21)/t14-,15+,16?/m0/s1. The zero-order chi connectivity index (χ0) is 16.2. The summed E-state index contributed by atoms with van der Waals surface area (Å²) < 4.78 is 12.9. The van der Waals surface area contributed by atoms with Gasteiger partial charge in [-0.25, -0.2) is 0 Å². The Kier molecular flexibility index (Phi) is 4.73. The topological polar surface area (TPSA) is 65.4 Å². The number of aromatic nitrogens is 2. The fraction of sp³-hybridized carbons (Fsp3) is 0.412. The van der Waals surface area contributed by atoms with E-state index in [1.54, 1.807) is 18.0 Å². The predicted molar refractivity (Wildman–Crippen MR) is 84.6 cm³/mol. The summed E-state index contributed by atoms with van der Waals surface area (Å²) in [6.07, 6.45) is 3.68. The van der Waals surface area contributed by atoms with Gasteiger partial charge in [-0.05, 0) is 12.0 Å². The molecule has 1 aromatic heterocycles. The highest BCUT2D eigenvalue weighted by molar-refractivity contribution is 5.82. The lowest BCUT2D eigenvalue weighted by Crippen LogP contribution is -2.40. The molecule has 2 aromatic rings. The van der Waals surface area contributed by atoms with Gasteiger partial charge in [-0.15, -0.1) is 0 Å². The zero-order valence-electron chi connectivity index (χ0n) is 13.3. The average molecular weight is 315 g/mol. The third-order valence-corrected chi connectivity index (χ3v) is 4.05. The van der Waals surface area contributed by atoms with Gasteiger partial charge in [0.15, 0.2) is 6.10 Å². The third kappa shape index (κ3) is 3.43. The molecule has 0 aliphatic carbocycles. The normalized spacial score (nSPS) is 22.0. The number of hydrogen-bond donors (Lipinski definition) is 1. The Bertz CT molecular complexity index is 656. The molecule has 1 aromatic carbocycles. The van der Waals surface area contributed by atoms with Gasteiger partial charge in [-0.2, -0.15) is 5.10 Å². The SMILES string of the molecule is COC(C(=O)N[C@H]1CCO[C@@H]1c1cnn(C)c1)c1ccccc1. The Morgan fingerprint density at radius 3 is 2.87 bits per heavy atom. The molecule has 1 saturated heterocycles. The number of nitrogens with one attached hydrogen (secondary N) is 1. The molecule has 3 rings (SSSR count). The maximum absolute atomic E-state index is 12.6. The van der Waals surface area contributed by atoms with Crippen LogP contribution < -0.4 is 5.32 Å². The third-order valence-electron chi connectivity index (χ3n) is 4.05. The van der Waals surface area contributed by atoms with E-state index >= 15 is 0 Å². The molecule has 1 unspecified atom stereocenters. The molecule has 0 saturated carbocycles. The minimum Gasteiger partial charge on any atom is -0.371 e. The van der Waals surface area contributed by atoms with E-state index in [0.717, 1.165) is 17.5 Å². The van der Waals surface area contributed by atoms with Crippen LogP contribution in [0.4, 0.5) is 0 Å². The molecule has 0 spiro atoms. The fourth-order valence-corrected chi connectivity index (χ4v) is 2.93. The lowest BCUT2D eigenvalue weighted by atomic mass is 10.0. The number of amides is 1. The van der Waals surface area contributed by atoms with Gasteiger partial charge in [0.1, 0.15) is 6.10 Å². The highest BCUT2D eigenvalue weighted by atomic mass is 16.5. The Morgan fingerprint density at radius 2 is 2.22 bits per heavy atom. The van der Waals surface area contributed by atoms with Crippen molar-refractivity contribution in [3.05, 3.63) is 53.9 Å².